The Morgan fingerprint density at radius 1 is 1.38 bits per heavy atom. The fourth-order valence-corrected chi connectivity index (χ4v) is 1.37. The molecule has 0 saturated heterocycles. The van der Waals surface area contributed by atoms with E-state index in [0.717, 1.165) is 5.56 Å². The van der Waals surface area contributed by atoms with Crippen LogP contribution in [0.25, 0.3) is 0 Å². The molecule has 0 aliphatic carbocycles. The average Bonchev–Trinajstić information content (AvgIpc) is 2.34. The van der Waals surface area contributed by atoms with E-state index in [1.807, 2.05) is 30.3 Å². The van der Waals surface area contributed by atoms with E-state index in [0.29, 0.717) is 13.2 Å². The van der Waals surface area contributed by atoms with Gasteiger partial charge in [0, 0.05) is 13.7 Å². The predicted octanol–water partition coefficient (Wildman–Crippen LogP) is 0.537. The largest absolute Gasteiger partial charge is 0.383 e. The second-order valence-electron chi connectivity index (χ2n) is 3.50. The lowest BCUT2D eigenvalue weighted by Crippen LogP contribution is -2.45. The van der Waals surface area contributed by atoms with Gasteiger partial charge in [-0.2, -0.15) is 0 Å². The minimum Gasteiger partial charge on any atom is -0.383 e. The van der Waals surface area contributed by atoms with Crippen molar-refractivity contribution in [3.8, 4) is 0 Å². The molecule has 2 N–H and O–H groups in total. The molecule has 1 amide bonds. The van der Waals surface area contributed by atoms with Gasteiger partial charge >= 0.3 is 0 Å². The van der Waals surface area contributed by atoms with Crippen molar-refractivity contribution >= 4 is 5.91 Å². The van der Waals surface area contributed by atoms with Gasteiger partial charge < -0.3 is 15.4 Å². The van der Waals surface area contributed by atoms with E-state index >= 15 is 0 Å². The van der Waals surface area contributed by atoms with E-state index in [4.69, 9.17) is 4.74 Å². The molecule has 4 nitrogen and oxygen atoms in total. The zero-order valence-corrected chi connectivity index (χ0v) is 9.69. The van der Waals surface area contributed by atoms with Gasteiger partial charge in [0.15, 0.2) is 0 Å². The highest BCUT2D eigenvalue weighted by Crippen LogP contribution is 1.97. The molecule has 1 aromatic rings. The highest BCUT2D eigenvalue weighted by atomic mass is 16.5. The molecule has 0 bridgehead atoms. The molecule has 88 valence electrons. The summed E-state index contributed by atoms with van der Waals surface area (Å²) in [7, 11) is 3.32. The molecule has 1 rings (SSSR count). The van der Waals surface area contributed by atoms with Crippen LogP contribution in [-0.4, -0.2) is 32.7 Å². The molecular weight excluding hydrogens is 204 g/mol. The normalized spacial score (nSPS) is 12.1. The van der Waals surface area contributed by atoms with Crippen LogP contribution in [0.15, 0.2) is 30.3 Å². The summed E-state index contributed by atoms with van der Waals surface area (Å²) in [6, 6.07) is 9.51. The second kappa shape index (κ2) is 6.98. The van der Waals surface area contributed by atoms with Crippen molar-refractivity contribution in [2.45, 2.75) is 12.6 Å². The lowest BCUT2D eigenvalue weighted by molar-refractivity contribution is -0.124. The Morgan fingerprint density at radius 2 is 2.06 bits per heavy atom. The molecular formula is C12H18N2O2. The first-order chi connectivity index (χ1) is 7.77. The summed E-state index contributed by atoms with van der Waals surface area (Å²) in [4.78, 5) is 11.7. The molecule has 0 aliphatic rings. The van der Waals surface area contributed by atoms with Gasteiger partial charge in [0.25, 0.3) is 0 Å². The lowest BCUT2D eigenvalue weighted by Gasteiger charge is -2.14. The highest BCUT2D eigenvalue weighted by molar-refractivity contribution is 5.81. The Bertz CT molecular complexity index is 314. The summed E-state index contributed by atoms with van der Waals surface area (Å²) >= 11 is 0. The molecule has 4 heteroatoms. The predicted molar refractivity (Wildman–Crippen MR) is 63.0 cm³/mol. The Morgan fingerprint density at radius 3 is 2.62 bits per heavy atom. The lowest BCUT2D eigenvalue weighted by atomic mass is 10.2. The Kier molecular flexibility index (Phi) is 5.53. The first-order valence-electron chi connectivity index (χ1n) is 5.25. The van der Waals surface area contributed by atoms with Crippen molar-refractivity contribution in [3.63, 3.8) is 0 Å². The minimum atomic E-state index is -0.297. The Labute approximate surface area is 96.0 Å². The number of hydrogen-bond acceptors (Lipinski definition) is 3. The zero-order valence-electron chi connectivity index (χ0n) is 9.69. The van der Waals surface area contributed by atoms with Crippen LogP contribution < -0.4 is 10.6 Å². The van der Waals surface area contributed by atoms with Crippen molar-refractivity contribution in [1.29, 1.82) is 0 Å². The molecule has 0 radical (unpaired) electrons. The quantitative estimate of drug-likeness (QED) is 0.738. The molecule has 0 aromatic heterocycles. The Hall–Kier alpha value is -1.39. The van der Waals surface area contributed by atoms with E-state index in [2.05, 4.69) is 10.6 Å². The number of carbonyl (C=O) groups excluding carboxylic acids is 1. The summed E-state index contributed by atoms with van der Waals surface area (Å²) in [6.07, 6.45) is 0. The third-order valence-corrected chi connectivity index (χ3v) is 2.31. The van der Waals surface area contributed by atoms with Gasteiger partial charge in [-0.05, 0) is 12.6 Å². The first-order valence-corrected chi connectivity index (χ1v) is 5.25. The number of nitrogens with one attached hydrogen (secondary N) is 2. The fourth-order valence-electron chi connectivity index (χ4n) is 1.37. The maximum Gasteiger partial charge on any atom is 0.239 e. The molecule has 0 saturated carbocycles. The van der Waals surface area contributed by atoms with E-state index in [1.165, 1.54) is 0 Å². The second-order valence-corrected chi connectivity index (χ2v) is 3.50. The molecule has 0 fully saturated rings. The smallest absolute Gasteiger partial charge is 0.239 e. The number of amides is 1. The van der Waals surface area contributed by atoms with Gasteiger partial charge in [0.05, 0.1) is 6.61 Å². The molecule has 1 aromatic carbocycles. The number of benzene rings is 1. The SMILES string of the molecule is CN[C@@H](COC)C(=O)NCc1ccccc1. The van der Waals surface area contributed by atoms with Crippen molar-refractivity contribution in [1.82, 2.24) is 10.6 Å². The summed E-state index contributed by atoms with van der Waals surface area (Å²) < 4.78 is 4.94. The summed E-state index contributed by atoms with van der Waals surface area (Å²) in [5.74, 6) is -0.0480. The standard InChI is InChI=1S/C12H18N2O2/c1-13-11(9-16-2)12(15)14-8-10-6-4-3-5-7-10/h3-7,11,13H,8-9H2,1-2H3,(H,14,15)/t11-/m0/s1. The zero-order chi connectivity index (χ0) is 11.8. The number of likely N-dealkylation sites (N-methyl/N-ethyl adjacent to an activating group) is 1. The molecule has 1 atom stereocenters. The van der Waals surface area contributed by atoms with Crippen molar-refractivity contribution in [3.05, 3.63) is 35.9 Å². The summed E-state index contributed by atoms with van der Waals surface area (Å²) in [5, 5.41) is 5.76. The topological polar surface area (TPSA) is 50.4 Å². The van der Waals surface area contributed by atoms with E-state index < -0.39 is 0 Å². The minimum absolute atomic E-state index is 0.0480. The van der Waals surface area contributed by atoms with E-state index in [-0.39, 0.29) is 11.9 Å². The van der Waals surface area contributed by atoms with Crippen molar-refractivity contribution in [2.75, 3.05) is 20.8 Å². The van der Waals surface area contributed by atoms with Crippen molar-refractivity contribution in [2.24, 2.45) is 0 Å². The van der Waals surface area contributed by atoms with Gasteiger partial charge in [-0.25, -0.2) is 0 Å². The highest BCUT2D eigenvalue weighted by Gasteiger charge is 2.14. The van der Waals surface area contributed by atoms with E-state index in [1.54, 1.807) is 14.2 Å². The third-order valence-electron chi connectivity index (χ3n) is 2.31. The number of methoxy groups -OCH3 is 1. The molecule has 0 aliphatic heterocycles. The third kappa shape index (κ3) is 4.00. The van der Waals surface area contributed by atoms with Gasteiger partial charge in [-0.15, -0.1) is 0 Å². The molecule has 0 unspecified atom stereocenters. The van der Waals surface area contributed by atoms with Crippen LogP contribution in [0.5, 0.6) is 0 Å². The van der Waals surface area contributed by atoms with Crippen LogP contribution in [0.2, 0.25) is 0 Å². The average molecular weight is 222 g/mol. The van der Waals surface area contributed by atoms with Crippen LogP contribution in [0, 0.1) is 0 Å². The summed E-state index contributed by atoms with van der Waals surface area (Å²) in [5.41, 5.74) is 1.09. The number of rotatable bonds is 6. The van der Waals surface area contributed by atoms with Gasteiger partial charge in [-0.3, -0.25) is 4.79 Å². The van der Waals surface area contributed by atoms with Crippen LogP contribution in [-0.2, 0) is 16.1 Å². The van der Waals surface area contributed by atoms with Crippen LogP contribution >= 0.6 is 0 Å². The fraction of sp³-hybridized carbons (Fsp3) is 0.417. The van der Waals surface area contributed by atoms with Gasteiger partial charge in [0.1, 0.15) is 6.04 Å². The number of hydrogen-bond donors (Lipinski definition) is 2. The number of ether oxygens (including phenoxy) is 1. The summed E-state index contributed by atoms with van der Waals surface area (Å²) in [6.45, 7) is 0.915. The maximum absolute atomic E-state index is 11.7. The van der Waals surface area contributed by atoms with Crippen LogP contribution in [0.4, 0.5) is 0 Å². The van der Waals surface area contributed by atoms with Crippen LogP contribution in [0.3, 0.4) is 0 Å². The van der Waals surface area contributed by atoms with E-state index in [9.17, 15) is 4.79 Å². The monoisotopic (exact) mass is 222 g/mol. The molecule has 0 spiro atoms. The van der Waals surface area contributed by atoms with Gasteiger partial charge in [0.2, 0.25) is 5.91 Å². The van der Waals surface area contributed by atoms with Crippen LogP contribution in [0.1, 0.15) is 5.56 Å². The molecule has 0 heterocycles. The Balaban J connectivity index is 2.40. The number of carbonyl (C=O) groups is 1. The van der Waals surface area contributed by atoms with Gasteiger partial charge in [-0.1, -0.05) is 30.3 Å². The molecule has 16 heavy (non-hydrogen) atoms. The first kappa shape index (κ1) is 12.7. The van der Waals surface area contributed by atoms with Crippen molar-refractivity contribution < 1.29 is 9.53 Å². The maximum atomic E-state index is 11.7.